The van der Waals surface area contributed by atoms with Gasteiger partial charge in [0.05, 0.1) is 0 Å². The Labute approximate surface area is 142 Å². The smallest absolute Gasteiger partial charge is 0.248 e. The highest BCUT2D eigenvalue weighted by molar-refractivity contribution is 5.90. The second-order valence-corrected chi connectivity index (χ2v) is 7.46. The van der Waals surface area contributed by atoms with E-state index in [1.54, 1.807) is 0 Å². The predicted octanol–water partition coefficient (Wildman–Crippen LogP) is 2.15. The molecule has 0 radical (unpaired) electrons. The number of fused-ring (bicyclic) bond motifs is 1. The molecule has 1 aromatic carbocycles. The zero-order valence-corrected chi connectivity index (χ0v) is 14.0. The molecule has 2 saturated heterocycles. The number of nitrogens with one attached hydrogen (secondary N) is 2. The standard InChI is InChI=1S/C19H25N3O2/c23-17-12-14-13-22(11-8-16(14)20-17)18(24)19(9-4-5-10-19)21-15-6-2-1-3-7-15/h1-3,6-7,14,16,21H,4-5,8-13H2,(H,20,23)/t14-,16+/m1/s1. The third-order valence-electron chi connectivity index (χ3n) is 5.84. The van der Waals surface area contributed by atoms with Crippen molar-refractivity contribution in [3.63, 3.8) is 0 Å². The van der Waals surface area contributed by atoms with Crippen molar-refractivity contribution >= 4 is 17.5 Å². The number of amides is 2. The first kappa shape index (κ1) is 15.5. The lowest BCUT2D eigenvalue weighted by molar-refractivity contribution is -0.138. The number of carbonyl (C=O) groups is 2. The SMILES string of the molecule is O=C1C[C@@H]2CN(C(=O)C3(Nc4ccccc4)CCCC3)CC[C@@H]2N1. The molecule has 3 aliphatic rings. The number of para-hydroxylation sites is 1. The molecule has 24 heavy (non-hydrogen) atoms. The maximum absolute atomic E-state index is 13.4. The number of likely N-dealkylation sites (tertiary alicyclic amines) is 1. The molecule has 0 spiro atoms. The van der Waals surface area contributed by atoms with Gasteiger partial charge in [0.2, 0.25) is 11.8 Å². The number of piperidine rings is 1. The molecule has 5 nitrogen and oxygen atoms in total. The monoisotopic (exact) mass is 327 g/mol. The maximum Gasteiger partial charge on any atom is 0.248 e. The van der Waals surface area contributed by atoms with Gasteiger partial charge in [-0.05, 0) is 31.4 Å². The molecule has 2 atom stereocenters. The average molecular weight is 327 g/mol. The Morgan fingerprint density at radius 1 is 1.21 bits per heavy atom. The molecule has 1 aliphatic carbocycles. The van der Waals surface area contributed by atoms with E-state index in [-0.39, 0.29) is 23.8 Å². The molecule has 128 valence electrons. The normalized spacial score (nSPS) is 28.3. The molecule has 0 aromatic heterocycles. The topological polar surface area (TPSA) is 61.4 Å². The van der Waals surface area contributed by atoms with Crippen LogP contribution in [0, 0.1) is 5.92 Å². The lowest BCUT2D eigenvalue weighted by Crippen LogP contribution is -2.56. The fraction of sp³-hybridized carbons (Fsp3) is 0.579. The van der Waals surface area contributed by atoms with Crippen molar-refractivity contribution in [1.29, 1.82) is 0 Å². The third-order valence-corrected chi connectivity index (χ3v) is 5.84. The maximum atomic E-state index is 13.4. The van der Waals surface area contributed by atoms with E-state index < -0.39 is 5.54 Å². The van der Waals surface area contributed by atoms with Crippen molar-refractivity contribution < 1.29 is 9.59 Å². The van der Waals surface area contributed by atoms with Gasteiger partial charge in [0.25, 0.3) is 0 Å². The van der Waals surface area contributed by atoms with Gasteiger partial charge in [-0.1, -0.05) is 31.0 Å². The van der Waals surface area contributed by atoms with Crippen molar-refractivity contribution in [3.05, 3.63) is 30.3 Å². The number of hydrogen-bond donors (Lipinski definition) is 2. The van der Waals surface area contributed by atoms with Crippen LogP contribution >= 0.6 is 0 Å². The van der Waals surface area contributed by atoms with Crippen LogP contribution in [0.3, 0.4) is 0 Å². The molecule has 1 saturated carbocycles. The molecule has 2 heterocycles. The molecule has 2 amide bonds. The predicted molar refractivity (Wildman–Crippen MR) is 92.5 cm³/mol. The third kappa shape index (κ3) is 2.76. The minimum absolute atomic E-state index is 0.136. The molecule has 2 N–H and O–H groups in total. The Kier molecular flexibility index (Phi) is 3.94. The van der Waals surface area contributed by atoms with Gasteiger partial charge in [-0.15, -0.1) is 0 Å². The molecular formula is C19H25N3O2. The Hall–Kier alpha value is -2.04. The van der Waals surface area contributed by atoms with Crippen molar-refractivity contribution in [3.8, 4) is 0 Å². The van der Waals surface area contributed by atoms with Crippen LogP contribution in [0.25, 0.3) is 0 Å². The van der Waals surface area contributed by atoms with Gasteiger partial charge < -0.3 is 15.5 Å². The molecule has 2 aliphatic heterocycles. The summed E-state index contributed by atoms with van der Waals surface area (Å²) in [4.78, 5) is 27.0. The van der Waals surface area contributed by atoms with Crippen molar-refractivity contribution in [2.24, 2.45) is 5.92 Å². The first-order chi connectivity index (χ1) is 11.7. The Morgan fingerprint density at radius 3 is 2.71 bits per heavy atom. The summed E-state index contributed by atoms with van der Waals surface area (Å²) in [6.45, 7) is 1.46. The highest BCUT2D eigenvalue weighted by Crippen LogP contribution is 2.36. The van der Waals surface area contributed by atoms with Crippen LogP contribution in [0.4, 0.5) is 5.69 Å². The molecule has 0 bridgehead atoms. The molecule has 3 fully saturated rings. The Morgan fingerprint density at radius 2 is 1.96 bits per heavy atom. The molecule has 1 aromatic rings. The first-order valence-electron chi connectivity index (χ1n) is 9.08. The van der Waals surface area contributed by atoms with Crippen LogP contribution in [0.1, 0.15) is 38.5 Å². The molecule has 5 heteroatoms. The van der Waals surface area contributed by atoms with E-state index in [0.717, 1.165) is 44.3 Å². The number of anilines is 1. The summed E-state index contributed by atoms with van der Waals surface area (Å²) in [6, 6.07) is 10.3. The van der Waals surface area contributed by atoms with Crippen molar-refractivity contribution in [2.45, 2.75) is 50.1 Å². The van der Waals surface area contributed by atoms with E-state index in [4.69, 9.17) is 0 Å². The minimum atomic E-state index is -0.468. The second-order valence-electron chi connectivity index (χ2n) is 7.46. The Balaban J connectivity index is 1.51. The first-order valence-corrected chi connectivity index (χ1v) is 9.08. The highest BCUT2D eigenvalue weighted by Gasteiger charge is 2.46. The van der Waals surface area contributed by atoms with Crippen LogP contribution in [0.5, 0.6) is 0 Å². The summed E-state index contributed by atoms with van der Waals surface area (Å²) >= 11 is 0. The number of rotatable bonds is 3. The van der Waals surface area contributed by atoms with Crippen LogP contribution < -0.4 is 10.6 Å². The van der Waals surface area contributed by atoms with Gasteiger partial charge in [0.1, 0.15) is 5.54 Å². The van der Waals surface area contributed by atoms with E-state index in [2.05, 4.69) is 10.6 Å². The lowest BCUT2D eigenvalue weighted by Gasteiger charge is -2.40. The van der Waals surface area contributed by atoms with Gasteiger partial charge in [-0.25, -0.2) is 0 Å². The largest absolute Gasteiger partial charge is 0.371 e. The summed E-state index contributed by atoms with van der Waals surface area (Å²) in [5, 5.41) is 6.59. The lowest BCUT2D eigenvalue weighted by atomic mass is 9.89. The van der Waals surface area contributed by atoms with Gasteiger partial charge in [0, 0.05) is 37.2 Å². The Bertz CT molecular complexity index is 625. The van der Waals surface area contributed by atoms with Crippen LogP contribution in [-0.2, 0) is 9.59 Å². The van der Waals surface area contributed by atoms with Crippen LogP contribution in [0.15, 0.2) is 30.3 Å². The summed E-state index contributed by atoms with van der Waals surface area (Å²) < 4.78 is 0. The van der Waals surface area contributed by atoms with Gasteiger partial charge >= 0.3 is 0 Å². The molecular weight excluding hydrogens is 302 g/mol. The van der Waals surface area contributed by atoms with Crippen molar-refractivity contribution in [1.82, 2.24) is 10.2 Å². The highest BCUT2D eigenvalue weighted by atomic mass is 16.2. The van der Waals surface area contributed by atoms with E-state index in [0.29, 0.717) is 13.0 Å². The quantitative estimate of drug-likeness (QED) is 0.894. The van der Waals surface area contributed by atoms with Gasteiger partial charge in [-0.3, -0.25) is 9.59 Å². The van der Waals surface area contributed by atoms with E-state index in [9.17, 15) is 9.59 Å². The zero-order chi connectivity index (χ0) is 16.6. The summed E-state index contributed by atoms with van der Waals surface area (Å²) in [6.07, 6.45) is 5.40. The van der Waals surface area contributed by atoms with E-state index in [1.807, 2.05) is 35.2 Å². The minimum Gasteiger partial charge on any atom is -0.371 e. The fourth-order valence-electron chi connectivity index (χ4n) is 4.59. The number of nitrogens with zero attached hydrogens (tertiary/aromatic N) is 1. The average Bonchev–Trinajstić information content (AvgIpc) is 3.20. The second kappa shape index (κ2) is 6.11. The van der Waals surface area contributed by atoms with Gasteiger partial charge in [0.15, 0.2) is 0 Å². The molecule has 4 rings (SSSR count). The number of carbonyl (C=O) groups excluding carboxylic acids is 2. The van der Waals surface area contributed by atoms with E-state index in [1.165, 1.54) is 0 Å². The fourth-order valence-corrected chi connectivity index (χ4v) is 4.59. The summed E-state index contributed by atoms with van der Waals surface area (Å²) in [7, 11) is 0. The van der Waals surface area contributed by atoms with Crippen LogP contribution in [-0.4, -0.2) is 41.4 Å². The van der Waals surface area contributed by atoms with E-state index >= 15 is 0 Å². The molecule has 0 unspecified atom stereocenters. The zero-order valence-electron chi connectivity index (χ0n) is 14.0. The summed E-state index contributed by atoms with van der Waals surface area (Å²) in [5.41, 5.74) is 0.546. The summed E-state index contributed by atoms with van der Waals surface area (Å²) in [5.74, 6) is 0.643. The number of benzene rings is 1. The van der Waals surface area contributed by atoms with Crippen molar-refractivity contribution in [2.75, 3.05) is 18.4 Å². The van der Waals surface area contributed by atoms with Gasteiger partial charge in [-0.2, -0.15) is 0 Å². The number of hydrogen-bond acceptors (Lipinski definition) is 3. The van der Waals surface area contributed by atoms with Crippen LogP contribution in [0.2, 0.25) is 0 Å².